The van der Waals surface area contributed by atoms with E-state index in [2.05, 4.69) is 27.8 Å². The molecule has 0 saturated carbocycles. The zero-order chi connectivity index (χ0) is 17.2. The number of H-pyrrole nitrogens is 1. The minimum Gasteiger partial charge on any atom is -0.351 e. The van der Waals surface area contributed by atoms with Gasteiger partial charge < -0.3 is 15.6 Å². The maximum absolute atomic E-state index is 12.5. The molecule has 3 N–H and O–H groups in total. The Morgan fingerprint density at radius 2 is 2.12 bits per heavy atom. The molecule has 1 aliphatic heterocycles. The molecule has 4 rings (SSSR count). The van der Waals surface area contributed by atoms with Crippen LogP contribution in [0.5, 0.6) is 0 Å². The van der Waals surface area contributed by atoms with Gasteiger partial charge in [0.15, 0.2) is 0 Å². The summed E-state index contributed by atoms with van der Waals surface area (Å²) < 4.78 is 0. The van der Waals surface area contributed by atoms with Crippen LogP contribution >= 0.6 is 11.8 Å². The lowest BCUT2D eigenvalue weighted by atomic mass is 10.1. The summed E-state index contributed by atoms with van der Waals surface area (Å²) in [4.78, 5) is 16.9. The number of nitriles is 1. The Morgan fingerprint density at radius 3 is 3.00 bits per heavy atom. The van der Waals surface area contributed by atoms with Gasteiger partial charge in [0.2, 0.25) is 0 Å². The molecular weight excluding hydrogens is 332 g/mol. The highest BCUT2D eigenvalue weighted by atomic mass is 32.2. The third-order valence-electron chi connectivity index (χ3n) is 4.16. The van der Waals surface area contributed by atoms with Gasteiger partial charge in [-0.25, -0.2) is 0 Å². The van der Waals surface area contributed by atoms with Crippen LogP contribution in [0.4, 0.5) is 5.69 Å². The molecule has 2 aromatic carbocycles. The average molecular weight is 348 g/mol. The Labute approximate surface area is 149 Å². The number of carbonyl (C=O) groups excluding carboxylic acids is 1. The van der Waals surface area contributed by atoms with Gasteiger partial charge in [0, 0.05) is 40.3 Å². The number of nitrogens with one attached hydrogen (secondary N) is 3. The summed E-state index contributed by atoms with van der Waals surface area (Å²) in [6.07, 6.45) is 0. The molecule has 2 heterocycles. The topological polar surface area (TPSA) is 80.7 Å². The number of carbonyl (C=O) groups is 1. The summed E-state index contributed by atoms with van der Waals surface area (Å²) >= 11 is 1.83. The van der Waals surface area contributed by atoms with Crippen LogP contribution in [0.1, 0.15) is 21.6 Å². The summed E-state index contributed by atoms with van der Waals surface area (Å²) in [5.41, 5.74) is 3.88. The van der Waals surface area contributed by atoms with Crippen molar-refractivity contribution in [1.82, 2.24) is 10.3 Å². The first kappa shape index (κ1) is 15.8. The number of hydrogen-bond donors (Lipinski definition) is 3. The summed E-state index contributed by atoms with van der Waals surface area (Å²) in [5.74, 6) is 0.863. The van der Waals surface area contributed by atoms with E-state index in [0.29, 0.717) is 11.3 Å². The molecule has 0 spiro atoms. The van der Waals surface area contributed by atoms with E-state index >= 15 is 0 Å². The monoisotopic (exact) mass is 348 g/mol. The van der Waals surface area contributed by atoms with Crippen LogP contribution in [0.15, 0.2) is 47.4 Å². The Kier molecular flexibility index (Phi) is 4.18. The number of anilines is 1. The van der Waals surface area contributed by atoms with Gasteiger partial charge >= 0.3 is 0 Å². The van der Waals surface area contributed by atoms with Gasteiger partial charge in [0.1, 0.15) is 5.69 Å². The lowest BCUT2D eigenvalue weighted by molar-refractivity contribution is 0.102. The number of aromatic nitrogens is 1. The van der Waals surface area contributed by atoms with Crippen LogP contribution in [0.25, 0.3) is 10.9 Å². The van der Waals surface area contributed by atoms with E-state index in [1.807, 2.05) is 30.0 Å². The van der Waals surface area contributed by atoms with Gasteiger partial charge in [-0.15, -0.1) is 11.8 Å². The number of rotatable bonds is 2. The van der Waals surface area contributed by atoms with Gasteiger partial charge in [-0.05, 0) is 48.0 Å². The number of amides is 1. The molecule has 124 valence electrons. The van der Waals surface area contributed by atoms with Crippen molar-refractivity contribution in [2.24, 2.45) is 0 Å². The van der Waals surface area contributed by atoms with Gasteiger partial charge in [-0.1, -0.05) is 0 Å². The fourth-order valence-electron chi connectivity index (χ4n) is 2.92. The molecule has 3 aromatic rings. The van der Waals surface area contributed by atoms with Crippen molar-refractivity contribution in [3.8, 4) is 6.07 Å². The van der Waals surface area contributed by atoms with E-state index in [1.165, 1.54) is 10.5 Å². The van der Waals surface area contributed by atoms with E-state index in [4.69, 9.17) is 5.26 Å². The largest absolute Gasteiger partial charge is 0.351 e. The van der Waals surface area contributed by atoms with E-state index < -0.39 is 0 Å². The minimum atomic E-state index is -0.191. The molecule has 0 fully saturated rings. The predicted octanol–water partition coefficient (Wildman–Crippen LogP) is 3.49. The van der Waals surface area contributed by atoms with E-state index in [-0.39, 0.29) is 5.91 Å². The summed E-state index contributed by atoms with van der Waals surface area (Å²) in [6.45, 7) is 1.80. The van der Waals surface area contributed by atoms with Crippen LogP contribution in [-0.2, 0) is 6.54 Å². The molecule has 1 aliphatic rings. The van der Waals surface area contributed by atoms with Crippen LogP contribution < -0.4 is 10.6 Å². The maximum Gasteiger partial charge on any atom is 0.272 e. The van der Waals surface area contributed by atoms with Crippen LogP contribution in [0.2, 0.25) is 0 Å². The highest BCUT2D eigenvalue weighted by molar-refractivity contribution is 7.99. The molecule has 0 radical (unpaired) electrons. The molecule has 1 aromatic heterocycles. The van der Waals surface area contributed by atoms with Gasteiger partial charge in [0.25, 0.3) is 5.91 Å². The molecule has 25 heavy (non-hydrogen) atoms. The second-order valence-electron chi connectivity index (χ2n) is 5.90. The summed E-state index contributed by atoms with van der Waals surface area (Å²) in [7, 11) is 0. The van der Waals surface area contributed by atoms with Crippen molar-refractivity contribution >= 4 is 34.3 Å². The third kappa shape index (κ3) is 3.25. The zero-order valence-corrected chi connectivity index (χ0v) is 14.2. The molecule has 5 nitrogen and oxygen atoms in total. The number of nitrogens with zero attached hydrogens (tertiary/aromatic N) is 1. The highest BCUT2D eigenvalue weighted by Crippen LogP contribution is 2.27. The molecular formula is C19H16N4OS. The minimum absolute atomic E-state index is 0.191. The number of aromatic amines is 1. The molecule has 0 bridgehead atoms. The first-order chi connectivity index (χ1) is 12.2. The smallest absolute Gasteiger partial charge is 0.272 e. The fourth-order valence-corrected chi connectivity index (χ4v) is 3.86. The van der Waals surface area contributed by atoms with Crippen LogP contribution in [0, 0.1) is 11.3 Å². The maximum atomic E-state index is 12.5. The number of benzene rings is 2. The standard InChI is InChI=1S/C19H16N4OS/c20-10-12-1-3-16-13(7-12)9-17(23-16)19(24)22-15-2-4-18-14(8-15)11-21-5-6-25-18/h1-4,7-9,21,23H,5-6,11H2,(H,22,24). The van der Waals surface area contributed by atoms with Gasteiger partial charge in [0.05, 0.1) is 11.6 Å². The molecule has 1 amide bonds. The molecule has 0 unspecified atom stereocenters. The molecule has 0 atom stereocenters. The number of hydrogen-bond acceptors (Lipinski definition) is 4. The fraction of sp³-hybridized carbons (Fsp3) is 0.158. The molecule has 0 saturated heterocycles. The first-order valence-corrected chi connectivity index (χ1v) is 9.02. The van der Waals surface area contributed by atoms with E-state index in [1.54, 1.807) is 18.2 Å². The van der Waals surface area contributed by atoms with Crippen LogP contribution in [0.3, 0.4) is 0 Å². The Hall–Kier alpha value is -2.75. The average Bonchev–Trinajstić information content (AvgIpc) is 2.92. The Morgan fingerprint density at radius 1 is 1.20 bits per heavy atom. The third-order valence-corrected chi connectivity index (χ3v) is 5.28. The van der Waals surface area contributed by atoms with Crippen molar-refractivity contribution in [3.63, 3.8) is 0 Å². The van der Waals surface area contributed by atoms with Crippen molar-refractivity contribution in [2.45, 2.75) is 11.4 Å². The predicted molar refractivity (Wildman–Crippen MR) is 99.8 cm³/mol. The summed E-state index contributed by atoms with van der Waals surface area (Å²) in [6, 6.07) is 15.2. The number of fused-ring (bicyclic) bond motifs is 2. The molecule has 0 aliphatic carbocycles. The Balaban J connectivity index is 1.57. The highest BCUT2D eigenvalue weighted by Gasteiger charge is 2.13. The van der Waals surface area contributed by atoms with Crippen LogP contribution in [-0.4, -0.2) is 23.2 Å². The second-order valence-corrected chi connectivity index (χ2v) is 7.04. The van der Waals surface area contributed by atoms with Crippen molar-refractivity contribution in [1.29, 1.82) is 5.26 Å². The van der Waals surface area contributed by atoms with E-state index in [9.17, 15) is 4.79 Å². The van der Waals surface area contributed by atoms with Crippen molar-refractivity contribution < 1.29 is 4.79 Å². The lowest BCUT2D eigenvalue weighted by Gasteiger charge is -2.09. The van der Waals surface area contributed by atoms with Gasteiger partial charge in [-0.2, -0.15) is 5.26 Å². The van der Waals surface area contributed by atoms with Crippen molar-refractivity contribution in [3.05, 3.63) is 59.3 Å². The summed E-state index contributed by atoms with van der Waals surface area (Å²) in [5, 5.41) is 16.2. The van der Waals surface area contributed by atoms with Crippen molar-refractivity contribution in [2.75, 3.05) is 17.6 Å². The zero-order valence-electron chi connectivity index (χ0n) is 13.4. The normalized spacial score (nSPS) is 13.7. The van der Waals surface area contributed by atoms with Gasteiger partial charge in [-0.3, -0.25) is 4.79 Å². The van der Waals surface area contributed by atoms with E-state index in [0.717, 1.165) is 35.4 Å². The molecule has 6 heteroatoms. The number of thioether (sulfide) groups is 1. The second kappa shape index (κ2) is 6.63. The Bertz CT molecular complexity index is 1000. The quantitative estimate of drug-likeness (QED) is 0.662. The SMILES string of the molecule is N#Cc1ccc2[nH]c(C(=O)Nc3ccc4c(c3)CNCCS4)cc2c1. The first-order valence-electron chi connectivity index (χ1n) is 8.03. The lowest BCUT2D eigenvalue weighted by Crippen LogP contribution is -2.15.